The number of carbonyl (C=O) groups excluding carboxylic acids is 1. The summed E-state index contributed by atoms with van der Waals surface area (Å²) in [6.07, 6.45) is 4.85. The number of nitrogens with zero attached hydrogens (tertiary/aromatic N) is 2. The van der Waals surface area contributed by atoms with E-state index in [1.165, 1.54) is 54.6 Å². The van der Waals surface area contributed by atoms with E-state index in [-0.39, 0.29) is 11.8 Å². The first kappa shape index (κ1) is 18.9. The highest BCUT2D eigenvalue weighted by molar-refractivity contribution is 7.80. The standard InChI is InChI=1S/C22H31N3OS/c1-4-10-24-11-6-8-16-17-7-5-9-19-21(17)18(12-20(16)24)15(3)25(19)23-22(26)14(2)13-27/h5,7,9,14,16,20,27H,4,6,8,10-13H2,1-3H3,(H,23,26)/t14?,16-,20-/m1/s1. The van der Waals surface area contributed by atoms with Crippen LogP contribution in [-0.4, -0.2) is 40.4 Å². The smallest absolute Gasteiger partial charge is 0.242 e. The number of likely N-dealkylation sites (tertiary alicyclic amines) is 1. The van der Waals surface area contributed by atoms with Crippen LogP contribution in [0.25, 0.3) is 10.9 Å². The molecule has 0 bridgehead atoms. The molecule has 1 saturated heterocycles. The third-order valence-electron chi connectivity index (χ3n) is 6.55. The first-order valence-corrected chi connectivity index (χ1v) is 11.0. The maximum Gasteiger partial charge on any atom is 0.242 e. The SMILES string of the molecule is CCCN1CCC[C@@H]2c3cccc4c3c(c(C)n4NC(=O)C(C)CS)C[C@H]21. The Morgan fingerprint density at radius 3 is 2.96 bits per heavy atom. The Hall–Kier alpha value is -1.46. The van der Waals surface area contributed by atoms with Crippen LogP contribution < -0.4 is 5.43 Å². The number of thiol groups is 1. The molecule has 2 aliphatic rings. The van der Waals surface area contributed by atoms with Crippen LogP contribution in [0.4, 0.5) is 0 Å². The van der Waals surface area contributed by atoms with Gasteiger partial charge in [0, 0.05) is 34.7 Å². The van der Waals surface area contributed by atoms with Gasteiger partial charge in [-0.3, -0.25) is 19.8 Å². The largest absolute Gasteiger partial charge is 0.299 e. The van der Waals surface area contributed by atoms with Gasteiger partial charge in [-0.05, 0) is 62.9 Å². The zero-order valence-electron chi connectivity index (χ0n) is 16.7. The summed E-state index contributed by atoms with van der Waals surface area (Å²) in [5.41, 5.74) is 8.37. The number of hydrogen-bond donors (Lipinski definition) is 2. The Balaban J connectivity index is 1.79. The van der Waals surface area contributed by atoms with Crippen LogP contribution in [0.15, 0.2) is 18.2 Å². The molecule has 0 radical (unpaired) electrons. The lowest BCUT2D eigenvalue weighted by atomic mass is 9.74. The normalized spacial score (nSPS) is 23.3. The van der Waals surface area contributed by atoms with Crippen molar-refractivity contribution >= 4 is 29.4 Å². The maximum absolute atomic E-state index is 12.5. The minimum Gasteiger partial charge on any atom is -0.299 e. The van der Waals surface area contributed by atoms with E-state index in [0.717, 1.165) is 11.9 Å². The molecule has 1 fully saturated rings. The van der Waals surface area contributed by atoms with Crippen molar-refractivity contribution in [2.24, 2.45) is 5.92 Å². The Labute approximate surface area is 167 Å². The Kier molecular flexibility index (Phi) is 5.26. The van der Waals surface area contributed by atoms with E-state index >= 15 is 0 Å². The Morgan fingerprint density at radius 2 is 2.22 bits per heavy atom. The summed E-state index contributed by atoms with van der Waals surface area (Å²) in [6.45, 7) is 8.75. The second-order valence-electron chi connectivity index (χ2n) is 8.26. The van der Waals surface area contributed by atoms with E-state index in [0.29, 0.717) is 17.7 Å². The van der Waals surface area contributed by atoms with E-state index in [4.69, 9.17) is 0 Å². The number of piperidine rings is 1. The summed E-state index contributed by atoms with van der Waals surface area (Å²) in [5, 5.41) is 1.38. The molecule has 3 atom stereocenters. The molecular weight excluding hydrogens is 354 g/mol. The number of nitrogens with one attached hydrogen (secondary N) is 1. The molecule has 1 unspecified atom stereocenters. The van der Waals surface area contributed by atoms with Crippen molar-refractivity contribution in [2.75, 3.05) is 24.3 Å². The average molecular weight is 386 g/mol. The van der Waals surface area contributed by atoms with Crippen molar-refractivity contribution in [3.8, 4) is 0 Å². The second kappa shape index (κ2) is 7.51. The minimum atomic E-state index is -0.107. The second-order valence-corrected chi connectivity index (χ2v) is 8.62. The predicted molar refractivity (Wildman–Crippen MR) is 115 cm³/mol. The van der Waals surface area contributed by atoms with Gasteiger partial charge in [-0.1, -0.05) is 26.0 Å². The van der Waals surface area contributed by atoms with Crippen LogP contribution >= 0.6 is 12.6 Å². The maximum atomic E-state index is 12.5. The van der Waals surface area contributed by atoms with Crippen LogP contribution in [0.5, 0.6) is 0 Å². The van der Waals surface area contributed by atoms with Crippen LogP contribution in [0.1, 0.15) is 55.8 Å². The summed E-state index contributed by atoms with van der Waals surface area (Å²) in [6, 6.07) is 7.22. The number of amides is 1. The van der Waals surface area contributed by atoms with Gasteiger partial charge < -0.3 is 0 Å². The lowest BCUT2D eigenvalue weighted by Gasteiger charge is -2.44. The molecule has 5 heteroatoms. The molecule has 1 aromatic heterocycles. The number of hydrogen-bond acceptors (Lipinski definition) is 3. The van der Waals surface area contributed by atoms with E-state index in [9.17, 15) is 4.79 Å². The monoisotopic (exact) mass is 385 g/mol. The van der Waals surface area contributed by atoms with Crippen molar-refractivity contribution < 1.29 is 4.79 Å². The zero-order chi connectivity index (χ0) is 19.1. The van der Waals surface area contributed by atoms with Crippen molar-refractivity contribution in [2.45, 2.75) is 58.4 Å². The fourth-order valence-corrected chi connectivity index (χ4v) is 5.28. The number of rotatable bonds is 5. The van der Waals surface area contributed by atoms with E-state index in [2.05, 4.69) is 55.0 Å². The van der Waals surface area contributed by atoms with Gasteiger partial charge in [-0.15, -0.1) is 0 Å². The molecule has 1 aliphatic heterocycles. The first-order chi connectivity index (χ1) is 13.1. The molecule has 27 heavy (non-hydrogen) atoms. The summed E-state index contributed by atoms with van der Waals surface area (Å²) in [4.78, 5) is 15.2. The Bertz CT molecular complexity index is 857. The van der Waals surface area contributed by atoms with Gasteiger partial charge in [0.15, 0.2) is 0 Å². The fourth-order valence-electron chi connectivity index (χ4n) is 5.11. The van der Waals surface area contributed by atoms with Crippen molar-refractivity contribution in [3.05, 3.63) is 35.0 Å². The summed E-state index contributed by atoms with van der Waals surface area (Å²) >= 11 is 4.28. The van der Waals surface area contributed by atoms with Crippen molar-refractivity contribution in [1.82, 2.24) is 9.58 Å². The number of carbonyl (C=O) groups is 1. The average Bonchev–Trinajstić information content (AvgIpc) is 2.95. The molecule has 4 rings (SSSR count). The molecule has 1 amide bonds. The molecule has 1 N–H and O–H groups in total. The van der Waals surface area contributed by atoms with Gasteiger partial charge >= 0.3 is 0 Å². The van der Waals surface area contributed by atoms with Crippen LogP contribution in [-0.2, 0) is 11.2 Å². The zero-order valence-corrected chi connectivity index (χ0v) is 17.6. The number of benzene rings is 1. The Morgan fingerprint density at radius 1 is 1.41 bits per heavy atom. The minimum absolute atomic E-state index is 0.0335. The van der Waals surface area contributed by atoms with Gasteiger partial charge in [0.1, 0.15) is 0 Å². The lowest BCUT2D eigenvalue weighted by Crippen LogP contribution is -2.47. The fraction of sp³-hybridized carbons (Fsp3) is 0.591. The van der Waals surface area contributed by atoms with Crippen LogP contribution in [0.2, 0.25) is 0 Å². The highest BCUT2D eigenvalue weighted by Crippen LogP contribution is 2.45. The van der Waals surface area contributed by atoms with Gasteiger partial charge in [0.25, 0.3) is 0 Å². The van der Waals surface area contributed by atoms with Gasteiger partial charge in [-0.25, -0.2) is 0 Å². The van der Waals surface area contributed by atoms with E-state index in [1.807, 2.05) is 11.6 Å². The summed E-state index contributed by atoms with van der Waals surface area (Å²) in [7, 11) is 0. The topological polar surface area (TPSA) is 37.3 Å². The highest BCUT2D eigenvalue weighted by Gasteiger charge is 2.38. The van der Waals surface area contributed by atoms with E-state index < -0.39 is 0 Å². The quantitative estimate of drug-likeness (QED) is 0.761. The van der Waals surface area contributed by atoms with Gasteiger partial charge in [0.2, 0.25) is 5.91 Å². The number of fused-ring (bicyclic) bond motifs is 2. The summed E-state index contributed by atoms with van der Waals surface area (Å²) < 4.78 is 2.03. The molecular formula is C22H31N3OS. The third-order valence-corrected chi connectivity index (χ3v) is 7.10. The van der Waals surface area contributed by atoms with Gasteiger partial charge in [-0.2, -0.15) is 12.6 Å². The molecule has 1 aromatic carbocycles. The van der Waals surface area contributed by atoms with Gasteiger partial charge in [0.05, 0.1) is 5.52 Å². The van der Waals surface area contributed by atoms with E-state index in [1.54, 1.807) is 0 Å². The molecule has 146 valence electrons. The first-order valence-electron chi connectivity index (χ1n) is 10.3. The lowest BCUT2D eigenvalue weighted by molar-refractivity contribution is -0.119. The summed E-state index contributed by atoms with van der Waals surface area (Å²) in [5.74, 6) is 1.10. The molecule has 1 aliphatic carbocycles. The molecule has 0 spiro atoms. The predicted octanol–water partition coefficient (Wildman–Crippen LogP) is 4.10. The molecule has 0 saturated carbocycles. The van der Waals surface area contributed by atoms with Crippen molar-refractivity contribution in [3.63, 3.8) is 0 Å². The van der Waals surface area contributed by atoms with Crippen LogP contribution in [0, 0.1) is 12.8 Å². The molecule has 2 aromatic rings. The number of aromatic nitrogens is 1. The van der Waals surface area contributed by atoms with Crippen molar-refractivity contribution in [1.29, 1.82) is 0 Å². The molecule has 4 nitrogen and oxygen atoms in total. The third kappa shape index (κ3) is 3.09. The van der Waals surface area contributed by atoms with Crippen LogP contribution in [0.3, 0.4) is 0 Å². The highest BCUT2D eigenvalue weighted by atomic mass is 32.1. The molecule has 2 heterocycles.